The summed E-state index contributed by atoms with van der Waals surface area (Å²) in [5, 5.41) is 5.01. The Labute approximate surface area is 298 Å². The van der Waals surface area contributed by atoms with E-state index >= 15 is 0 Å². The first kappa shape index (κ1) is 36.4. The van der Waals surface area contributed by atoms with Crippen LogP contribution in [0, 0.1) is 11.3 Å². The van der Waals surface area contributed by atoms with Crippen molar-refractivity contribution in [1.82, 2.24) is 20.5 Å². The number of hydrogen-bond donors (Lipinski definition) is 3. The zero-order valence-electron chi connectivity index (χ0n) is 29.5. The van der Waals surface area contributed by atoms with E-state index in [-0.39, 0.29) is 31.4 Å². The first-order chi connectivity index (χ1) is 24.3. The summed E-state index contributed by atoms with van der Waals surface area (Å²) in [4.78, 5) is 58.2. The van der Waals surface area contributed by atoms with Crippen molar-refractivity contribution in [3.8, 4) is 22.8 Å². The normalized spacial score (nSPS) is 24.4. The van der Waals surface area contributed by atoms with Crippen molar-refractivity contribution in [2.24, 2.45) is 11.3 Å². The number of carbonyl (C=O) groups is 3. The lowest BCUT2D eigenvalue weighted by molar-refractivity contribution is -0.142. The van der Waals surface area contributed by atoms with Gasteiger partial charge in [0, 0.05) is 35.4 Å². The molecule has 1 saturated heterocycles. The fourth-order valence-electron chi connectivity index (χ4n) is 7.15. The van der Waals surface area contributed by atoms with Crippen LogP contribution in [0.5, 0.6) is 11.5 Å². The number of fused-ring (bicyclic) bond motifs is 1. The number of nitrogens with one attached hydrogen (secondary N) is 2. The number of amides is 3. The van der Waals surface area contributed by atoms with Crippen LogP contribution in [0.2, 0.25) is 0 Å². The molecule has 6 rings (SSSR count). The lowest BCUT2D eigenvalue weighted by atomic mass is 9.85. The predicted octanol–water partition coefficient (Wildman–Crippen LogP) is 5.83. The molecule has 0 radical (unpaired) electrons. The van der Waals surface area contributed by atoms with Crippen LogP contribution in [-0.2, 0) is 18.9 Å². The molecule has 0 spiro atoms. The fourth-order valence-corrected chi connectivity index (χ4v) is 8.21. The molecule has 272 valence electrons. The highest BCUT2D eigenvalue weighted by Crippen LogP contribution is 2.58. The molecule has 0 bridgehead atoms. The maximum Gasteiger partial charge on any atom is 0.408 e. The summed E-state index contributed by atoms with van der Waals surface area (Å²) in [5.74, 6) is -0.268. The van der Waals surface area contributed by atoms with E-state index in [1.54, 1.807) is 13.2 Å². The highest BCUT2D eigenvalue weighted by atomic mass is 31.1. The number of ether oxygens (including phenoxy) is 3. The van der Waals surface area contributed by atoms with Gasteiger partial charge < -0.3 is 34.6 Å². The summed E-state index contributed by atoms with van der Waals surface area (Å²) < 4.78 is 30.3. The van der Waals surface area contributed by atoms with Gasteiger partial charge in [-0.25, -0.2) is 9.78 Å². The van der Waals surface area contributed by atoms with Crippen LogP contribution < -0.4 is 20.1 Å². The van der Waals surface area contributed by atoms with Gasteiger partial charge in [0.15, 0.2) is 0 Å². The molecule has 1 aromatic heterocycles. The van der Waals surface area contributed by atoms with Gasteiger partial charge in [-0.1, -0.05) is 57.2 Å². The molecule has 51 heavy (non-hydrogen) atoms. The van der Waals surface area contributed by atoms with E-state index in [1.165, 1.54) is 4.90 Å². The van der Waals surface area contributed by atoms with Crippen LogP contribution in [-0.4, -0.2) is 75.9 Å². The third-order valence-corrected chi connectivity index (χ3v) is 11.6. The Balaban J connectivity index is 1.32. The predicted molar refractivity (Wildman–Crippen MR) is 194 cm³/mol. The third-order valence-electron chi connectivity index (χ3n) is 10.2. The first-order valence-electron chi connectivity index (χ1n) is 17.5. The van der Waals surface area contributed by atoms with Gasteiger partial charge in [0.05, 0.1) is 24.9 Å². The Bertz CT molecular complexity index is 1830. The number of pyridine rings is 1. The monoisotopic (exact) mass is 718 g/mol. The Morgan fingerprint density at radius 3 is 2.45 bits per heavy atom. The number of carbonyl (C=O) groups excluding carboxylic acids is 3. The van der Waals surface area contributed by atoms with Crippen LogP contribution in [0.25, 0.3) is 22.2 Å². The summed E-state index contributed by atoms with van der Waals surface area (Å²) >= 11 is 0. The van der Waals surface area contributed by atoms with Crippen LogP contribution in [0.3, 0.4) is 0 Å². The number of nitrogens with zero attached hydrogens (tertiary/aromatic N) is 2. The van der Waals surface area contributed by atoms with Crippen LogP contribution >= 0.6 is 8.03 Å². The average Bonchev–Trinajstić information content (AvgIpc) is 3.37. The fraction of sp³-hybridized carbons (Fsp3) is 0.474. The number of benzene rings is 2. The minimum atomic E-state index is -3.19. The largest absolute Gasteiger partial charge is 0.497 e. The lowest BCUT2D eigenvalue weighted by Gasteiger charge is -2.35. The van der Waals surface area contributed by atoms with E-state index in [0.717, 1.165) is 36.6 Å². The minimum Gasteiger partial charge on any atom is -0.497 e. The number of rotatable bonds is 11. The summed E-state index contributed by atoms with van der Waals surface area (Å²) in [6, 6.07) is 14.9. The molecule has 12 nitrogen and oxygen atoms in total. The van der Waals surface area contributed by atoms with Crippen molar-refractivity contribution in [3.05, 3.63) is 67.3 Å². The molecule has 3 fully saturated rings. The zero-order valence-corrected chi connectivity index (χ0v) is 30.5. The van der Waals surface area contributed by atoms with Crippen molar-refractivity contribution in [2.75, 3.05) is 13.7 Å². The van der Waals surface area contributed by atoms with Crippen molar-refractivity contribution >= 4 is 36.8 Å². The number of hydrogen-bond acceptors (Lipinski definition) is 8. The second-order valence-corrected chi connectivity index (χ2v) is 16.3. The van der Waals surface area contributed by atoms with E-state index < -0.39 is 54.8 Å². The molecule has 2 aliphatic carbocycles. The maximum absolute atomic E-state index is 14.5. The number of aromatic nitrogens is 1. The first-order valence-corrected chi connectivity index (χ1v) is 18.8. The summed E-state index contributed by atoms with van der Waals surface area (Å²) in [5.41, 5.74) is 1.44. The zero-order chi connectivity index (χ0) is 36.5. The third kappa shape index (κ3) is 7.77. The molecule has 13 heteroatoms. The summed E-state index contributed by atoms with van der Waals surface area (Å²) in [6.45, 7) is 9.27. The highest BCUT2D eigenvalue weighted by molar-refractivity contribution is 7.40. The summed E-state index contributed by atoms with van der Waals surface area (Å²) in [6.07, 6.45) is 3.93. The molecular weight excluding hydrogens is 671 g/mol. The molecule has 2 saturated carbocycles. The summed E-state index contributed by atoms with van der Waals surface area (Å²) in [7, 11) is -1.60. The molecule has 3 aromatic rings. The van der Waals surface area contributed by atoms with Gasteiger partial charge in [-0.3, -0.25) is 14.2 Å². The van der Waals surface area contributed by atoms with Gasteiger partial charge >= 0.3 is 6.09 Å². The Hall–Kier alpha value is -4.41. The number of likely N-dealkylation sites (tertiary alicyclic amines) is 1. The van der Waals surface area contributed by atoms with E-state index in [9.17, 15) is 23.8 Å². The van der Waals surface area contributed by atoms with Crippen molar-refractivity contribution in [2.45, 2.75) is 88.9 Å². The van der Waals surface area contributed by atoms with E-state index in [2.05, 4.69) is 17.2 Å². The van der Waals surface area contributed by atoms with Gasteiger partial charge in [-0.05, 0) is 49.7 Å². The van der Waals surface area contributed by atoms with Crippen LogP contribution in [0.4, 0.5) is 4.79 Å². The standard InChI is InChI=1S/C38H47N4O8P/c1-6-24-21-38(24,51(46)47)41-34(43)31-19-27(22-42(31)35(44)33(37(2,3)4)40-36(45)50-25-14-10-11-15-25)49-32-20-29(23-12-8-7-9-13-23)39-30-18-26(48-5)16-17-28(30)32/h6-9,12-13,16-18,20,24-25,27,31,33,51H,1,10-11,14-15,19,21-22H2,2-5H3,(H,40,45)(H,41,43)(H,46,47)/t24-,27-,31+,33-,38+/m1/s1. The molecule has 3 amide bonds. The molecule has 6 atom stereocenters. The van der Waals surface area contributed by atoms with E-state index in [4.69, 9.17) is 19.2 Å². The van der Waals surface area contributed by atoms with Gasteiger partial charge in [0.2, 0.25) is 19.8 Å². The highest BCUT2D eigenvalue weighted by Gasteiger charge is 2.59. The van der Waals surface area contributed by atoms with E-state index in [0.29, 0.717) is 22.7 Å². The topological polar surface area (TPSA) is 156 Å². The van der Waals surface area contributed by atoms with Gasteiger partial charge in [0.25, 0.3) is 0 Å². The van der Waals surface area contributed by atoms with Crippen molar-refractivity contribution in [1.29, 1.82) is 0 Å². The van der Waals surface area contributed by atoms with Gasteiger partial charge in [-0.15, -0.1) is 6.58 Å². The molecular formula is C38H47N4O8P. The van der Waals surface area contributed by atoms with Crippen molar-refractivity contribution in [3.63, 3.8) is 0 Å². The second-order valence-electron chi connectivity index (χ2n) is 14.8. The SMILES string of the molecule is C=C[C@@H]1C[C@]1(NC(=O)[C@@H]1C[C@@H](Oc2cc(-c3ccccc3)nc3cc(OC)ccc23)CN1C(=O)[C@@H](NC(=O)OC1CCCC1)C(C)(C)C)[PH](=O)O. The maximum atomic E-state index is 14.5. The molecule has 1 unspecified atom stereocenters. The Morgan fingerprint density at radius 1 is 1.10 bits per heavy atom. The molecule has 2 heterocycles. The second kappa shape index (κ2) is 14.7. The van der Waals surface area contributed by atoms with Crippen LogP contribution in [0.1, 0.15) is 59.3 Å². The number of alkyl carbamates (subject to hydrolysis) is 1. The molecule has 3 aliphatic rings. The molecule has 3 N–H and O–H groups in total. The average molecular weight is 719 g/mol. The molecule has 1 aliphatic heterocycles. The van der Waals surface area contributed by atoms with Gasteiger partial charge in [-0.2, -0.15) is 0 Å². The Morgan fingerprint density at radius 2 is 1.82 bits per heavy atom. The lowest BCUT2D eigenvalue weighted by Crippen LogP contribution is -2.58. The smallest absolute Gasteiger partial charge is 0.408 e. The molecule has 2 aromatic carbocycles. The van der Waals surface area contributed by atoms with Crippen molar-refractivity contribution < 1.29 is 38.1 Å². The quantitative estimate of drug-likeness (QED) is 0.164. The minimum absolute atomic E-state index is 0.0235. The van der Waals surface area contributed by atoms with Crippen LogP contribution in [0.15, 0.2) is 67.3 Å². The van der Waals surface area contributed by atoms with E-state index in [1.807, 2.05) is 75.4 Å². The Kier molecular flexibility index (Phi) is 10.5. The van der Waals surface area contributed by atoms with Gasteiger partial charge in [0.1, 0.15) is 41.1 Å². The number of methoxy groups -OCH3 is 1.